The van der Waals surface area contributed by atoms with Crippen LogP contribution in [0.1, 0.15) is 0 Å². The van der Waals surface area contributed by atoms with Gasteiger partial charge in [-0.15, -0.1) is 0 Å². The highest BCUT2D eigenvalue weighted by Gasteiger charge is 2.04. The van der Waals surface area contributed by atoms with E-state index in [1.165, 1.54) is 0 Å². The van der Waals surface area contributed by atoms with Crippen LogP contribution in [0.15, 0.2) is 19.5 Å². The molecule has 0 heterocycles. The molecule has 0 saturated heterocycles. The van der Waals surface area contributed by atoms with Crippen molar-refractivity contribution >= 4 is 59.4 Å². The van der Waals surface area contributed by atoms with Gasteiger partial charge in [0.2, 0.25) is 0 Å². The molecule has 10 heavy (non-hydrogen) atoms. The zero-order valence-electron chi connectivity index (χ0n) is 4.59. The van der Waals surface area contributed by atoms with Gasteiger partial charge >= 0.3 is 0 Å². The molecule has 0 aliphatic carbocycles. The number of halogens is 4. The lowest BCUT2D eigenvalue weighted by atomic mass is 10.4. The highest BCUT2D eigenvalue weighted by molar-refractivity contribution is 9.14. The molecule has 0 aliphatic heterocycles. The third kappa shape index (κ3) is 1.76. The van der Waals surface area contributed by atoms with Crippen molar-refractivity contribution < 1.29 is 0 Å². The topological polar surface area (TPSA) is 0 Å². The normalized spacial score (nSPS) is 10.0. The summed E-state index contributed by atoms with van der Waals surface area (Å²) in [6.07, 6.45) is 0. The van der Waals surface area contributed by atoms with Gasteiger partial charge in [0, 0.05) is 15.0 Å². The lowest BCUT2D eigenvalue weighted by Gasteiger charge is -1.99. The SMILES string of the molecule is Clc1[c]cc(Br)c(Br)c1Br. The first kappa shape index (κ1) is 9.04. The molecule has 4 heteroatoms. The fourth-order valence-corrected chi connectivity index (χ4v) is 1.94. The summed E-state index contributed by atoms with van der Waals surface area (Å²) in [5.41, 5.74) is 0. The standard InChI is InChI=1S/C6HBr3Cl/c7-3-1-2-4(10)6(9)5(3)8/h1H. The molecular weight excluding hydrogens is 347 g/mol. The summed E-state index contributed by atoms with van der Waals surface area (Å²) < 4.78 is 2.67. The molecule has 0 N–H and O–H groups in total. The van der Waals surface area contributed by atoms with Crippen molar-refractivity contribution in [2.45, 2.75) is 0 Å². The highest BCUT2D eigenvalue weighted by Crippen LogP contribution is 2.35. The van der Waals surface area contributed by atoms with Crippen molar-refractivity contribution in [3.63, 3.8) is 0 Å². The Bertz CT molecular complexity index is 232. The van der Waals surface area contributed by atoms with E-state index in [9.17, 15) is 0 Å². The van der Waals surface area contributed by atoms with Crippen LogP contribution < -0.4 is 0 Å². The third-order valence-electron chi connectivity index (χ3n) is 0.921. The molecule has 0 aromatic heterocycles. The Balaban J connectivity index is 3.34. The van der Waals surface area contributed by atoms with Gasteiger partial charge in [-0.3, -0.25) is 0 Å². The molecule has 0 aliphatic rings. The average molecular weight is 348 g/mol. The summed E-state index contributed by atoms with van der Waals surface area (Å²) in [7, 11) is 0. The van der Waals surface area contributed by atoms with Gasteiger partial charge in [-0.05, 0) is 53.9 Å². The minimum absolute atomic E-state index is 0.579. The van der Waals surface area contributed by atoms with Crippen LogP contribution in [-0.2, 0) is 0 Å². The number of hydrogen-bond acceptors (Lipinski definition) is 0. The van der Waals surface area contributed by atoms with Crippen LogP contribution in [0.4, 0.5) is 0 Å². The summed E-state index contributed by atoms with van der Waals surface area (Å²) in [6.45, 7) is 0. The molecule has 0 atom stereocenters. The Morgan fingerprint density at radius 3 is 2.30 bits per heavy atom. The lowest BCUT2D eigenvalue weighted by Crippen LogP contribution is -1.73. The molecule has 1 radical (unpaired) electrons. The summed E-state index contributed by atoms with van der Waals surface area (Å²) in [5, 5.41) is 0.579. The van der Waals surface area contributed by atoms with Gasteiger partial charge in [0.25, 0.3) is 0 Å². The van der Waals surface area contributed by atoms with E-state index < -0.39 is 0 Å². The molecule has 0 spiro atoms. The predicted molar refractivity (Wildman–Crippen MR) is 53.4 cm³/mol. The van der Waals surface area contributed by atoms with E-state index in [-0.39, 0.29) is 0 Å². The number of benzene rings is 1. The lowest BCUT2D eigenvalue weighted by molar-refractivity contribution is 1.53. The third-order valence-corrected chi connectivity index (χ3v) is 4.75. The second-order valence-electron chi connectivity index (χ2n) is 1.58. The second kappa shape index (κ2) is 3.57. The molecule has 0 nitrogen and oxygen atoms in total. The van der Waals surface area contributed by atoms with Crippen molar-refractivity contribution in [1.29, 1.82) is 0 Å². The molecule has 0 bridgehead atoms. The van der Waals surface area contributed by atoms with Gasteiger partial charge in [-0.1, -0.05) is 11.6 Å². The predicted octanol–water partition coefficient (Wildman–Crippen LogP) is 4.43. The van der Waals surface area contributed by atoms with E-state index in [2.05, 4.69) is 53.9 Å². The Morgan fingerprint density at radius 1 is 1.20 bits per heavy atom. The van der Waals surface area contributed by atoms with Crippen molar-refractivity contribution in [2.24, 2.45) is 0 Å². The van der Waals surface area contributed by atoms with E-state index in [0.717, 1.165) is 13.4 Å². The Morgan fingerprint density at radius 2 is 1.80 bits per heavy atom. The molecule has 0 amide bonds. The molecule has 1 aromatic carbocycles. The highest BCUT2D eigenvalue weighted by atomic mass is 79.9. The molecule has 1 aromatic rings. The Kier molecular flexibility index (Phi) is 3.22. The van der Waals surface area contributed by atoms with Gasteiger partial charge < -0.3 is 0 Å². The molecular formula is C6HBr3Cl. The molecule has 1 rings (SSSR count). The summed E-state index contributed by atoms with van der Waals surface area (Å²) in [6, 6.07) is 4.61. The largest absolute Gasteiger partial charge is 0.0824 e. The van der Waals surface area contributed by atoms with Crippen molar-refractivity contribution in [1.82, 2.24) is 0 Å². The second-order valence-corrected chi connectivity index (χ2v) is 4.40. The molecule has 0 fully saturated rings. The molecule has 0 unspecified atom stereocenters. The van der Waals surface area contributed by atoms with Crippen molar-refractivity contribution in [3.8, 4) is 0 Å². The van der Waals surface area contributed by atoms with Crippen LogP contribution in [0.3, 0.4) is 0 Å². The first-order valence-corrected chi connectivity index (χ1v) is 5.09. The van der Waals surface area contributed by atoms with Crippen LogP contribution in [-0.4, -0.2) is 0 Å². The maximum Gasteiger partial charge on any atom is 0.0639 e. The van der Waals surface area contributed by atoms with Crippen LogP contribution >= 0.6 is 59.4 Å². The van der Waals surface area contributed by atoms with Crippen LogP contribution in [0.25, 0.3) is 0 Å². The monoisotopic (exact) mass is 345 g/mol. The van der Waals surface area contributed by atoms with E-state index in [4.69, 9.17) is 11.6 Å². The van der Waals surface area contributed by atoms with Gasteiger partial charge in [0.15, 0.2) is 0 Å². The first-order valence-electron chi connectivity index (χ1n) is 2.33. The number of hydrogen-bond donors (Lipinski definition) is 0. The molecule has 53 valence electrons. The Hall–Kier alpha value is 0.950. The van der Waals surface area contributed by atoms with E-state index in [1.807, 2.05) is 0 Å². The van der Waals surface area contributed by atoms with Crippen molar-refractivity contribution in [2.75, 3.05) is 0 Å². The van der Waals surface area contributed by atoms with Gasteiger partial charge in [0.05, 0.1) is 9.50 Å². The molecule has 0 saturated carbocycles. The van der Waals surface area contributed by atoms with E-state index in [1.54, 1.807) is 6.07 Å². The fourth-order valence-electron chi connectivity index (χ4n) is 0.455. The summed E-state index contributed by atoms with van der Waals surface area (Å²) in [4.78, 5) is 0. The first-order chi connectivity index (χ1) is 4.63. The minimum Gasteiger partial charge on any atom is -0.0824 e. The van der Waals surface area contributed by atoms with E-state index in [0.29, 0.717) is 5.02 Å². The van der Waals surface area contributed by atoms with Crippen LogP contribution in [0, 0.1) is 6.07 Å². The van der Waals surface area contributed by atoms with Crippen LogP contribution in [0.5, 0.6) is 0 Å². The summed E-state index contributed by atoms with van der Waals surface area (Å²) in [5.74, 6) is 0. The van der Waals surface area contributed by atoms with E-state index >= 15 is 0 Å². The van der Waals surface area contributed by atoms with Gasteiger partial charge in [0.1, 0.15) is 0 Å². The Labute approximate surface area is 89.3 Å². The maximum absolute atomic E-state index is 5.73. The van der Waals surface area contributed by atoms with Crippen molar-refractivity contribution in [3.05, 3.63) is 30.6 Å². The zero-order chi connectivity index (χ0) is 7.72. The number of rotatable bonds is 0. The average Bonchev–Trinajstić information content (AvgIpc) is 1.93. The van der Waals surface area contributed by atoms with Crippen LogP contribution in [0.2, 0.25) is 5.02 Å². The minimum atomic E-state index is 0.579. The fraction of sp³-hybridized carbons (Fsp3) is 0. The zero-order valence-corrected chi connectivity index (χ0v) is 10.1. The maximum atomic E-state index is 5.73. The van der Waals surface area contributed by atoms with Gasteiger partial charge in [-0.25, -0.2) is 0 Å². The van der Waals surface area contributed by atoms with Gasteiger partial charge in [-0.2, -0.15) is 0 Å². The smallest absolute Gasteiger partial charge is 0.0639 e. The summed E-state index contributed by atoms with van der Waals surface area (Å²) >= 11 is 15.7. The quantitative estimate of drug-likeness (QED) is 0.481.